The van der Waals surface area contributed by atoms with Crippen molar-refractivity contribution in [1.29, 1.82) is 0 Å². The van der Waals surface area contributed by atoms with Crippen LogP contribution < -0.4 is 11.1 Å². The number of nitrogens with zero attached hydrogens (tertiary/aromatic N) is 3. The van der Waals surface area contributed by atoms with Crippen LogP contribution in [0.3, 0.4) is 0 Å². The summed E-state index contributed by atoms with van der Waals surface area (Å²) in [6.07, 6.45) is 3.28. The van der Waals surface area contributed by atoms with Gasteiger partial charge >= 0.3 is 0 Å². The fourth-order valence-electron chi connectivity index (χ4n) is 2.96. The molecule has 1 amide bonds. The molecule has 6 nitrogen and oxygen atoms in total. The highest BCUT2D eigenvalue weighted by Gasteiger charge is 2.14. The third-order valence-electron chi connectivity index (χ3n) is 4.28. The Balaban J connectivity index is 1.76. The number of aromatic nitrogens is 3. The Morgan fingerprint density at radius 3 is 2.78 bits per heavy atom. The molecule has 0 saturated carbocycles. The molecule has 0 bridgehead atoms. The number of fused-ring (bicyclic) bond motifs is 1. The second kappa shape index (κ2) is 6.53. The molecule has 0 aliphatic rings. The molecular formula is C20H16FN5O. The van der Waals surface area contributed by atoms with E-state index in [-0.39, 0.29) is 5.82 Å². The molecule has 0 saturated heterocycles. The third kappa shape index (κ3) is 3.10. The smallest absolute Gasteiger partial charge is 0.250 e. The lowest BCUT2D eigenvalue weighted by atomic mass is 10.2. The van der Waals surface area contributed by atoms with Crippen LogP contribution in [0.1, 0.15) is 15.9 Å². The Morgan fingerprint density at radius 1 is 1.19 bits per heavy atom. The van der Waals surface area contributed by atoms with Crippen molar-refractivity contribution < 1.29 is 9.18 Å². The highest BCUT2D eigenvalue weighted by molar-refractivity contribution is 6.06. The number of nitrogens with two attached hydrogens (primary N) is 1. The first-order chi connectivity index (χ1) is 13.0. The molecular weight excluding hydrogens is 345 g/mol. The quantitative estimate of drug-likeness (QED) is 0.580. The summed E-state index contributed by atoms with van der Waals surface area (Å²) < 4.78 is 15.2. The van der Waals surface area contributed by atoms with E-state index in [0.29, 0.717) is 28.6 Å². The number of nitrogens with one attached hydrogen (secondary N) is 1. The minimum absolute atomic E-state index is 0.270. The molecule has 7 heteroatoms. The predicted molar refractivity (Wildman–Crippen MR) is 102 cm³/mol. The normalized spacial score (nSPS) is 10.9. The second-order valence-electron chi connectivity index (χ2n) is 6.12. The summed E-state index contributed by atoms with van der Waals surface area (Å²) in [5.74, 6) is 0.166. The fraction of sp³-hybridized carbons (Fsp3) is 0.0500. The first kappa shape index (κ1) is 16.7. The lowest BCUT2D eigenvalue weighted by Crippen LogP contribution is -2.10. The monoisotopic (exact) mass is 361 g/mol. The van der Waals surface area contributed by atoms with Gasteiger partial charge in [-0.3, -0.25) is 4.79 Å². The summed E-state index contributed by atoms with van der Waals surface area (Å²) in [6, 6.07) is 13.9. The number of benzene rings is 2. The number of aryl methyl sites for hydroxylation is 1. The van der Waals surface area contributed by atoms with Gasteiger partial charge in [0.25, 0.3) is 5.91 Å². The fourth-order valence-corrected chi connectivity index (χ4v) is 2.96. The van der Waals surface area contributed by atoms with Crippen LogP contribution in [-0.4, -0.2) is 20.4 Å². The number of halogens is 1. The van der Waals surface area contributed by atoms with Crippen LogP contribution in [0.2, 0.25) is 0 Å². The number of carbonyl (C=O) groups excluding carboxylic acids is 1. The van der Waals surface area contributed by atoms with Crippen molar-refractivity contribution in [3.8, 4) is 5.82 Å². The van der Waals surface area contributed by atoms with Crippen molar-refractivity contribution in [2.75, 3.05) is 5.32 Å². The van der Waals surface area contributed by atoms with Crippen molar-refractivity contribution in [3.05, 3.63) is 77.9 Å². The number of anilines is 2. The molecule has 4 aromatic rings. The summed E-state index contributed by atoms with van der Waals surface area (Å²) >= 11 is 0. The van der Waals surface area contributed by atoms with Gasteiger partial charge in [-0.1, -0.05) is 18.2 Å². The van der Waals surface area contributed by atoms with Crippen molar-refractivity contribution in [3.63, 3.8) is 0 Å². The van der Waals surface area contributed by atoms with Gasteiger partial charge in [0.15, 0.2) is 0 Å². The molecule has 0 atom stereocenters. The highest BCUT2D eigenvalue weighted by atomic mass is 19.1. The van der Waals surface area contributed by atoms with Crippen LogP contribution >= 0.6 is 0 Å². The zero-order chi connectivity index (χ0) is 19.0. The Hall–Kier alpha value is -3.74. The van der Waals surface area contributed by atoms with Crippen molar-refractivity contribution in [2.24, 2.45) is 5.73 Å². The van der Waals surface area contributed by atoms with Crippen molar-refractivity contribution >= 4 is 28.4 Å². The molecule has 3 N–H and O–H groups in total. The maximum atomic E-state index is 13.4. The molecule has 2 aromatic carbocycles. The molecule has 0 spiro atoms. The van der Waals surface area contributed by atoms with Crippen LogP contribution in [0.4, 0.5) is 16.0 Å². The Morgan fingerprint density at radius 2 is 2.00 bits per heavy atom. The summed E-state index contributed by atoms with van der Waals surface area (Å²) in [5.41, 5.74) is 7.95. The van der Waals surface area contributed by atoms with E-state index in [0.717, 1.165) is 10.9 Å². The molecule has 0 aliphatic heterocycles. The van der Waals surface area contributed by atoms with E-state index in [1.807, 2.05) is 24.3 Å². The first-order valence-corrected chi connectivity index (χ1v) is 8.29. The van der Waals surface area contributed by atoms with Crippen LogP contribution in [-0.2, 0) is 0 Å². The molecule has 27 heavy (non-hydrogen) atoms. The highest BCUT2D eigenvalue weighted by Crippen LogP contribution is 2.24. The number of hydrogen-bond acceptors (Lipinski definition) is 4. The number of primary amides is 1. The number of carbonyl (C=O) groups is 1. The minimum Gasteiger partial charge on any atom is -0.366 e. The molecule has 134 valence electrons. The van der Waals surface area contributed by atoms with E-state index in [2.05, 4.69) is 15.3 Å². The first-order valence-electron chi connectivity index (χ1n) is 8.29. The summed E-state index contributed by atoms with van der Waals surface area (Å²) in [7, 11) is 0. The topological polar surface area (TPSA) is 85.8 Å². The standard InChI is InChI=1S/C20H16FN5O/c1-12-10-13(6-7-16(12)21)24-20-23-9-8-18(25-20)26-11-15(19(22)27)14-4-2-3-5-17(14)26/h2-11H,1H3,(H2,22,27)(H,23,24,25). The molecule has 0 radical (unpaired) electrons. The van der Waals surface area contributed by atoms with Gasteiger partial charge in [0.05, 0.1) is 11.1 Å². The zero-order valence-electron chi connectivity index (χ0n) is 14.5. The van der Waals surface area contributed by atoms with E-state index >= 15 is 0 Å². The van der Waals surface area contributed by atoms with E-state index < -0.39 is 5.91 Å². The minimum atomic E-state index is -0.501. The maximum absolute atomic E-state index is 13.4. The summed E-state index contributed by atoms with van der Waals surface area (Å²) in [6.45, 7) is 1.69. The van der Waals surface area contributed by atoms with Crippen LogP contribution in [0.15, 0.2) is 60.9 Å². The van der Waals surface area contributed by atoms with Crippen LogP contribution in [0.25, 0.3) is 16.7 Å². The van der Waals surface area contributed by atoms with Gasteiger partial charge in [0.1, 0.15) is 11.6 Å². The Kier molecular flexibility index (Phi) is 4.04. The van der Waals surface area contributed by atoms with Crippen molar-refractivity contribution in [2.45, 2.75) is 6.92 Å². The molecule has 0 fully saturated rings. The molecule has 4 rings (SSSR count). The van der Waals surface area contributed by atoms with Gasteiger partial charge < -0.3 is 15.6 Å². The van der Waals surface area contributed by atoms with E-state index in [1.54, 1.807) is 42.1 Å². The lowest BCUT2D eigenvalue weighted by molar-refractivity contribution is 0.100. The summed E-state index contributed by atoms with van der Waals surface area (Å²) in [4.78, 5) is 20.5. The Labute approximate surface area is 154 Å². The van der Waals surface area contributed by atoms with Gasteiger partial charge in [-0.25, -0.2) is 9.37 Å². The molecule has 2 aromatic heterocycles. The number of amides is 1. The molecule has 2 heterocycles. The van der Waals surface area contributed by atoms with E-state index in [4.69, 9.17) is 5.73 Å². The van der Waals surface area contributed by atoms with Gasteiger partial charge in [-0.2, -0.15) is 4.98 Å². The maximum Gasteiger partial charge on any atom is 0.250 e. The number of para-hydroxylation sites is 1. The van der Waals surface area contributed by atoms with Gasteiger partial charge in [-0.15, -0.1) is 0 Å². The average molecular weight is 361 g/mol. The third-order valence-corrected chi connectivity index (χ3v) is 4.28. The number of rotatable bonds is 4. The van der Waals surface area contributed by atoms with Gasteiger partial charge in [0, 0.05) is 23.5 Å². The zero-order valence-corrected chi connectivity index (χ0v) is 14.5. The summed E-state index contributed by atoms with van der Waals surface area (Å²) in [5, 5.41) is 3.82. The Bertz CT molecular complexity index is 1170. The van der Waals surface area contributed by atoms with E-state index in [9.17, 15) is 9.18 Å². The van der Waals surface area contributed by atoms with Gasteiger partial charge in [0.2, 0.25) is 5.95 Å². The second-order valence-corrected chi connectivity index (χ2v) is 6.12. The molecule has 0 aliphatic carbocycles. The largest absolute Gasteiger partial charge is 0.366 e. The van der Waals surface area contributed by atoms with Crippen LogP contribution in [0, 0.1) is 12.7 Å². The number of hydrogen-bond donors (Lipinski definition) is 2. The predicted octanol–water partition coefficient (Wildman–Crippen LogP) is 3.71. The van der Waals surface area contributed by atoms with Crippen LogP contribution in [0.5, 0.6) is 0 Å². The SMILES string of the molecule is Cc1cc(Nc2nccc(-n3cc(C(N)=O)c4ccccc43)n2)ccc1F. The van der Waals surface area contributed by atoms with Crippen molar-refractivity contribution in [1.82, 2.24) is 14.5 Å². The average Bonchev–Trinajstić information content (AvgIpc) is 3.05. The van der Waals surface area contributed by atoms with Gasteiger partial charge in [-0.05, 0) is 42.8 Å². The van der Waals surface area contributed by atoms with E-state index in [1.165, 1.54) is 6.07 Å². The molecule has 0 unspecified atom stereocenters. The lowest BCUT2D eigenvalue weighted by Gasteiger charge is -2.09.